The van der Waals surface area contributed by atoms with E-state index in [1.807, 2.05) is 47.0 Å². The zero-order valence-electron chi connectivity index (χ0n) is 23.9. The van der Waals surface area contributed by atoms with Crippen LogP contribution in [0.4, 0.5) is 11.4 Å². The van der Waals surface area contributed by atoms with Gasteiger partial charge in [0.1, 0.15) is 0 Å². The van der Waals surface area contributed by atoms with Gasteiger partial charge in [-0.1, -0.05) is 6.92 Å². The standard InChI is InChI=1S/C30H38N8O2/c1-6-22-10-28(26-16-37(5)36-19(26)3)33-12-18(2)25(14-32-22)30(40)35-27-11-23(13-31-20(27)4)34-29(39)17-38-15-21-7-8-24(38)9-21/h10-14,16,21-22,24H,6-9,15,17H2,1-5H3,(H,34,39)(H,35,40)/b25-18-,28-10-,32-14?,33-12-. The van der Waals surface area contributed by atoms with E-state index in [0.717, 1.165) is 35.8 Å². The second-order valence-corrected chi connectivity index (χ2v) is 11.1. The van der Waals surface area contributed by atoms with Crippen LogP contribution in [0.3, 0.4) is 0 Å². The lowest BCUT2D eigenvalue weighted by atomic mass is 10.1. The number of pyridine rings is 1. The molecule has 4 heterocycles. The van der Waals surface area contributed by atoms with Gasteiger partial charge in [0.15, 0.2) is 0 Å². The van der Waals surface area contributed by atoms with Gasteiger partial charge in [-0.25, -0.2) is 0 Å². The maximum Gasteiger partial charge on any atom is 0.257 e. The Morgan fingerprint density at radius 3 is 2.60 bits per heavy atom. The molecule has 3 atom stereocenters. The van der Waals surface area contributed by atoms with Gasteiger partial charge in [0, 0.05) is 43.8 Å². The molecule has 2 amide bonds. The maximum atomic E-state index is 13.5. The number of piperidine rings is 1. The predicted octanol–water partition coefficient (Wildman–Crippen LogP) is 4.08. The van der Waals surface area contributed by atoms with E-state index < -0.39 is 0 Å². The van der Waals surface area contributed by atoms with Crippen LogP contribution >= 0.6 is 0 Å². The first-order valence-corrected chi connectivity index (χ1v) is 14.0. The summed E-state index contributed by atoms with van der Waals surface area (Å²) in [4.78, 5) is 42.4. The number of anilines is 2. The molecule has 2 aromatic heterocycles. The van der Waals surface area contributed by atoms with Crippen molar-refractivity contribution in [1.29, 1.82) is 0 Å². The number of fused-ring (bicyclic) bond motifs is 2. The summed E-state index contributed by atoms with van der Waals surface area (Å²) in [5.74, 6) is 0.357. The quantitative estimate of drug-likeness (QED) is 0.547. The molecule has 2 bridgehead atoms. The summed E-state index contributed by atoms with van der Waals surface area (Å²) < 4.78 is 1.77. The van der Waals surface area contributed by atoms with Crippen molar-refractivity contribution in [3.8, 4) is 0 Å². The van der Waals surface area contributed by atoms with Crippen LogP contribution in [-0.4, -0.2) is 69.1 Å². The van der Waals surface area contributed by atoms with Crippen LogP contribution < -0.4 is 10.6 Å². The number of allylic oxidation sites excluding steroid dienone is 1. The van der Waals surface area contributed by atoms with Gasteiger partial charge in [-0.05, 0) is 70.1 Å². The van der Waals surface area contributed by atoms with Crippen molar-refractivity contribution in [1.82, 2.24) is 19.7 Å². The number of hydrogen-bond acceptors (Lipinski definition) is 7. The second-order valence-electron chi connectivity index (χ2n) is 11.1. The third-order valence-corrected chi connectivity index (χ3v) is 8.01. The smallest absolute Gasteiger partial charge is 0.257 e. The zero-order chi connectivity index (χ0) is 28.4. The van der Waals surface area contributed by atoms with Gasteiger partial charge in [-0.2, -0.15) is 5.10 Å². The molecule has 2 fully saturated rings. The van der Waals surface area contributed by atoms with E-state index in [1.54, 1.807) is 29.4 Å². The molecule has 40 heavy (non-hydrogen) atoms. The Hall–Kier alpha value is -3.92. The largest absolute Gasteiger partial charge is 0.324 e. The average Bonchev–Trinajstić information content (AvgIpc) is 3.63. The van der Waals surface area contributed by atoms with Crippen LogP contribution in [0.5, 0.6) is 0 Å². The van der Waals surface area contributed by atoms with Crippen LogP contribution in [0.2, 0.25) is 0 Å². The molecule has 10 nitrogen and oxygen atoms in total. The molecule has 1 saturated heterocycles. The molecule has 5 rings (SSSR count). The molecule has 3 unspecified atom stereocenters. The van der Waals surface area contributed by atoms with Gasteiger partial charge >= 0.3 is 0 Å². The number of nitrogens with one attached hydrogen (secondary N) is 2. The van der Waals surface area contributed by atoms with Crippen molar-refractivity contribution >= 4 is 41.3 Å². The topological polar surface area (TPSA) is 117 Å². The molecule has 1 aliphatic carbocycles. The Morgan fingerprint density at radius 2 is 1.93 bits per heavy atom. The number of amides is 2. The van der Waals surface area contributed by atoms with Crippen molar-refractivity contribution in [2.75, 3.05) is 23.7 Å². The van der Waals surface area contributed by atoms with Gasteiger partial charge in [0.05, 0.1) is 52.8 Å². The summed E-state index contributed by atoms with van der Waals surface area (Å²) in [7, 11) is 1.88. The predicted molar refractivity (Wildman–Crippen MR) is 159 cm³/mol. The van der Waals surface area contributed by atoms with E-state index in [2.05, 4.69) is 25.6 Å². The molecule has 3 aliphatic rings. The summed E-state index contributed by atoms with van der Waals surface area (Å²) in [6, 6.07) is 2.14. The van der Waals surface area contributed by atoms with Gasteiger partial charge in [-0.15, -0.1) is 0 Å². The molecule has 0 radical (unpaired) electrons. The monoisotopic (exact) mass is 542 g/mol. The van der Waals surface area contributed by atoms with Gasteiger partial charge in [0.25, 0.3) is 5.91 Å². The lowest BCUT2D eigenvalue weighted by molar-refractivity contribution is -0.117. The van der Waals surface area contributed by atoms with Crippen LogP contribution in [-0.2, 0) is 16.6 Å². The van der Waals surface area contributed by atoms with Crippen molar-refractivity contribution in [3.63, 3.8) is 0 Å². The SMILES string of the molecule is CCC1\C=C(c2cn(C)nc2C)/N=C\C(C)=C(/C(=O)Nc2cc(NC(=O)CN3CC4CCC3C4)cnc2C)C=N1. The number of carbonyl (C=O) groups is 2. The fourth-order valence-electron chi connectivity index (χ4n) is 5.77. The minimum Gasteiger partial charge on any atom is -0.324 e. The van der Waals surface area contributed by atoms with Crippen LogP contribution in [0, 0.1) is 19.8 Å². The number of hydrogen-bond donors (Lipinski definition) is 2. The maximum absolute atomic E-state index is 13.5. The van der Waals surface area contributed by atoms with Crippen molar-refractivity contribution < 1.29 is 9.59 Å². The molecule has 0 spiro atoms. The minimum absolute atomic E-state index is 0.0635. The van der Waals surface area contributed by atoms with E-state index in [9.17, 15) is 9.59 Å². The second kappa shape index (κ2) is 11.7. The van der Waals surface area contributed by atoms with Gasteiger partial charge in [0.2, 0.25) is 5.91 Å². The van der Waals surface area contributed by atoms with E-state index in [-0.39, 0.29) is 17.9 Å². The van der Waals surface area contributed by atoms with E-state index in [4.69, 9.17) is 9.98 Å². The first-order valence-electron chi connectivity index (χ1n) is 14.0. The summed E-state index contributed by atoms with van der Waals surface area (Å²) in [5.41, 5.74) is 5.43. The fraction of sp³-hybridized carbons (Fsp3) is 0.467. The molecule has 1 saturated carbocycles. The van der Waals surface area contributed by atoms with Crippen molar-refractivity contribution in [2.45, 2.75) is 65.5 Å². The summed E-state index contributed by atoms with van der Waals surface area (Å²) in [6.45, 7) is 9.05. The Balaban J connectivity index is 1.31. The Kier molecular flexibility index (Phi) is 8.07. The summed E-state index contributed by atoms with van der Waals surface area (Å²) in [6.07, 6.45) is 13.3. The van der Waals surface area contributed by atoms with Crippen molar-refractivity contribution in [3.05, 3.63) is 52.6 Å². The highest BCUT2D eigenvalue weighted by Gasteiger charge is 2.38. The molecular formula is C30H38N8O2. The number of nitrogens with zero attached hydrogens (tertiary/aromatic N) is 6. The van der Waals surface area contributed by atoms with E-state index >= 15 is 0 Å². The lowest BCUT2D eigenvalue weighted by Crippen LogP contribution is -2.38. The molecule has 210 valence electrons. The normalized spacial score (nSPS) is 26.5. The molecule has 10 heteroatoms. The molecule has 2 aliphatic heterocycles. The Labute approximate surface area is 235 Å². The van der Waals surface area contributed by atoms with Gasteiger partial charge in [-0.3, -0.25) is 34.1 Å². The number of aromatic nitrogens is 3. The number of carbonyl (C=O) groups excluding carboxylic acids is 2. The summed E-state index contributed by atoms with van der Waals surface area (Å²) in [5, 5.41) is 10.4. The molecule has 2 N–H and O–H groups in total. The highest BCUT2D eigenvalue weighted by atomic mass is 16.2. The van der Waals surface area contributed by atoms with Crippen molar-refractivity contribution in [2.24, 2.45) is 23.0 Å². The Bertz CT molecular complexity index is 1430. The highest BCUT2D eigenvalue weighted by Crippen LogP contribution is 2.37. The first kappa shape index (κ1) is 27.6. The molecule has 0 aromatic carbocycles. The first-order chi connectivity index (χ1) is 19.2. The van der Waals surface area contributed by atoms with Crippen LogP contribution in [0.1, 0.15) is 56.5 Å². The van der Waals surface area contributed by atoms with Crippen LogP contribution in [0.15, 0.2) is 45.7 Å². The molecule has 2 aromatic rings. The molecular weight excluding hydrogens is 504 g/mol. The summed E-state index contributed by atoms with van der Waals surface area (Å²) >= 11 is 0. The number of rotatable bonds is 7. The third kappa shape index (κ3) is 6.12. The lowest BCUT2D eigenvalue weighted by Gasteiger charge is -2.25. The van der Waals surface area contributed by atoms with Crippen LogP contribution in [0.25, 0.3) is 5.70 Å². The highest BCUT2D eigenvalue weighted by molar-refractivity contribution is 6.21. The minimum atomic E-state index is -0.315. The number of aryl methyl sites for hydroxylation is 3. The number of likely N-dealkylation sites (tertiary alicyclic amines) is 1. The third-order valence-electron chi connectivity index (χ3n) is 8.01. The van der Waals surface area contributed by atoms with E-state index in [1.165, 1.54) is 19.3 Å². The van der Waals surface area contributed by atoms with Gasteiger partial charge < -0.3 is 10.6 Å². The fourth-order valence-corrected chi connectivity index (χ4v) is 5.77. The number of aliphatic imine (C=N–C) groups is 2. The average molecular weight is 543 g/mol. The zero-order valence-corrected chi connectivity index (χ0v) is 23.9. The van der Waals surface area contributed by atoms with E-state index in [0.29, 0.717) is 40.8 Å². The Morgan fingerprint density at radius 1 is 1.10 bits per heavy atom.